The number of anilines is 5. The van der Waals surface area contributed by atoms with E-state index in [1.807, 2.05) is 66.7 Å². The fourth-order valence-corrected chi connectivity index (χ4v) is 5.58. The number of nitrogens with one attached hydrogen (secondary N) is 2. The first kappa shape index (κ1) is 28.3. The Kier molecular flexibility index (Phi) is 8.87. The summed E-state index contributed by atoms with van der Waals surface area (Å²) in [5, 5.41) is 6.14. The van der Waals surface area contributed by atoms with Crippen LogP contribution in [0.1, 0.15) is 55.3 Å². The molecule has 2 aliphatic rings. The van der Waals surface area contributed by atoms with Crippen LogP contribution in [0.15, 0.2) is 78.9 Å². The molecule has 4 aromatic rings. The van der Waals surface area contributed by atoms with Crippen LogP contribution in [0.2, 0.25) is 0 Å². The van der Waals surface area contributed by atoms with Crippen LogP contribution in [0.5, 0.6) is 0 Å². The molecule has 1 amide bonds. The number of Topliss-reactive ketones (excluding diaryl/α,β-unsaturated/α-hetero) is 1. The largest absolute Gasteiger partial charge is 0.341 e. The molecule has 0 radical (unpaired) electrons. The molecular formula is C34H37N7O2. The van der Waals surface area contributed by atoms with Crippen LogP contribution in [-0.4, -0.2) is 52.8 Å². The monoisotopic (exact) mass is 575 g/mol. The normalized spacial score (nSPS) is 15.2. The fourth-order valence-electron chi connectivity index (χ4n) is 5.58. The lowest BCUT2D eigenvalue weighted by Gasteiger charge is -2.30. The number of rotatable bonds is 9. The van der Waals surface area contributed by atoms with Crippen molar-refractivity contribution in [3.05, 3.63) is 84.4 Å². The molecule has 2 N–H and O–H groups in total. The Bertz CT molecular complexity index is 1490. The smallest absolute Gasteiger partial charge is 0.233 e. The summed E-state index contributed by atoms with van der Waals surface area (Å²) in [6.07, 6.45) is 6.80. The van der Waals surface area contributed by atoms with Crippen molar-refractivity contribution in [3.63, 3.8) is 0 Å². The number of nitrogens with zero attached hydrogens (tertiary/aromatic N) is 5. The van der Waals surface area contributed by atoms with Crippen molar-refractivity contribution in [2.45, 2.75) is 44.9 Å². The minimum Gasteiger partial charge on any atom is -0.341 e. The molecule has 9 nitrogen and oxygen atoms in total. The van der Waals surface area contributed by atoms with E-state index in [1.54, 1.807) is 12.1 Å². The van der Waals surface area contributed by atoms with Crippen LogP contribution in [0, 0.1) is 0 Å². The molecular weight excluding hydrogens is 538 g/mol. The van der Waals surface area contributed by atoms with E-state index in [2.05, 4.69) is 20.4 Å². The Morgan fingerprint density at radius 3 is 1.72 bits per heavy atom. The lowest BCUT2D eigenvalue weighted by Crippen LogP contribution is -2.34. The third-order valence-electron chi connectivity index (χ3n) is 7.95. The number of piperidine rings is 2. The van der Waals surface area contributed by atoms with Gasteiger partial charge in [0.1, 0.15) is 0 Å². The SMILES string of the molecule is O=C(CC(=O)c1ccc(Nc2nc(N3CCCCC3)nc(N3CCCCC3)n2)cc1)Nc1ccc(-c2ccccc2)cc1. The molecule has 0 bridgehead atoms. The van der Waals surface area contributed by atoms with Gasteiger partial charge in [-0.25, -0.2) is 0 Å². The minimum absolute atomic E-state index is 0.237. The number of aromatic nitrogens is 3. The average Bonchev–Trinajstić information content (AvgIpc) is 3.06. The van der Waals surface area contributed by atoms with Gasteiger partial charge < -0.3 is 20.4 Å². The summed E-state index contributed by atoms with van der Waals surface area (Å²) in [5.41, 5.74) is 4.06. The van der Waals surface area contributed by atoms with Gasteiger partial charge in [-0.15, -0.1) is 0 Å². The topological polar surface area (TPSA) is 103 Å². The number of ketones is 1. The van der Waals surface area contributed by atoms with Crippen LogP contribution in [0.25, 0.3) is 11.1 Å². The number of hydrogen-bond donors (Lipinski definition) is 2. The van der Waals surface area contributed by atoms with Crippen molar-refractivity contribution < 1.29 is 9.59 Å². The van der Waals surface area contributed by atoms with E-state index < -0.39 is 0 Å². The van der Waals surface area contributed by atoms with Gasteiger partial charge in [-0.3, -0.25) is 9.59 Å². The standard InChI is InChI=1S/C34H37N7O2/c42-30(24-31(43)35-28-16-12-26(13-17-28)25-10-4-1-5-11-25)27-14-18-29(19-15-27)36-32-37-33(40-20-6-2-7-21-40)39-34(38-32)41-22-8-3-9-23-41/h1,4-5,10-19H,2-3,6-9,20-24H2,(H,35,43)(H,36,37,38,39). The van der Waals surface area contributed by atoms with Crippen molar-refractivity contribution >= 4 is 40.9 Å². The van der Waals surface area contributed by atoms with E-state index in [-0.39, 0.29) is 18.1 Å². The Balaban J connectivity index is 1.08. The first-order valence-electron chi connectivity index (χ1n) is 15.2. The zero-order chi connectivity index (χ0) is 29.4. The zero-order valence-electron chi connectivity index (χ0n) is 24.3. The lowest BCUT2D eigenvalue weighted by molar-refractivity contribution is -0.115. The summed E-state index contributed by atoms with van der Waals surface area (Å²) in [7, 11) is 0. The maximum Gasteiger partial charge on any atom is 0.233 e. The van der Waals surface area contributed by atoms with Gasteiger partial charge in [0.05, 0.1) is 6.42 Å². The Hall–Kier alpha value is -4.79. The van der Waals surface area contributed by atoms with Gasteiger partial charge in [-0.05, 0) is 86.1 Å². The first-order chi connectivity index (χ1) is 21.1. The highest BCUT2D eigenvalue weighted by molar-refractivity contribution is 6.11. The third-order valence-corrected chi connectivity index (χ3v) is 7.95. The molecule has 43 heavy (non-hydrogen) atoms. The zero-order valence-corrected chi connectivity index (χ0v) is 24.3. The highest BCUT2D eigenvalue weighted by Crippen LogP contribution is 2.25. The Labute approximate surface area is 252 Å². The molecule has 3 heterocycles. The van der Waals surface area contributed by atoms with Gasteiger partial charge >= 0.3 is 0 Å². The third kappa shape index (κ3) is 7.35. The van der Waals surface area contributed by atoms with Crippen molar-refractivity contribution in [2.75, 3.05) is 46.6 Å². The van der Waals surface area contributed by atoms with Crippen molar-refractivity contribution in [2.24, 2.45) is 0 Å². The molecule has 1 aromatic heterocycles. The molecule has 0 spiro atoms. The van der Waals surface area contributed by atoms with E-state index in [0.717, 1.165) is 68.7 Å². The predicted octanol–water partition coefficient (Wildman–Crippen LogP) is 6.47. The first-order valence-corrected chi connectivity index (χ1v) is 15.2. The van der Waals surface area contributed by atoms with E-state index in [4.69, 9.17) is 15.0 Å². The van der Waals surface area contributed by atoms with Crippen LogP contribution in [0.4, 0.5) is 29.2 Å². The molecule has 0 saturated carbocycles. The number of carbonyl (C=O) groups is 2. The summed E-state index contributed by atoms with van der Waals surface area (Å²) < 4.78 is 0. The molecule has 0 aliphatic carbocycles. The van der Waals surface area contributed by atoms with Crippen molar-refractivity contribution in [1.82, 2.24) is 15.0 Å². The highest BCUT2D eigenvalue weighted by Gasteiger charge is 2.20. The second kappa shape index (κ2) is 13.5. The van der Waals surface area contributed by atoms with Gasteiger partial charge in [-0.1, -0.05) is 42.5 Å². The van der Waals surface area contributed by atoms with Crippen molar-refractivity contribution in [1.29, 1.82) is 0 Å². The molecule has 3 aromatic carbocycles. The van der Waals surface area contributed by atoms with E-state index in [0.29, 0.717) is 29.1 Å². The number of hydrogen-bond acceptors (Lipinski definition) is 8. The quantitative estimate of drug-likeness (QED) is 0.173. The molecule has 2 fully saturated rings. The predicted molar refractivity (Wildman–Crippen MR) is 171 cm³/mol. The number of carbonyl (C=O) groups excluding carboxylic acids is 2. The molecule has 220 valence electrons. The minimum atomic E-state index is -0.347. The molecule has 2 saturated heterocycles. The Morgan fingerprint density at radius 2 is 1.14 bits per heavy atom. The van der Waals surface area contributed by atoms with E-state index >= 15 is 0 Å². The Morgan fingerprint density at radius 1 is 0.605 bits per heavy atom. The van der Waals surface area contributed by atoms with Gasteiger partial charge in [0, 0.05) is 43.1 Å². The average molecular weight is 576 g/mol. The summed E-state index contributed by atoms with van der Waals surface area (Å²) in [4.78, 5) is 44.3. The van der Waals surface area contributed by atoms with Gasteiger partial charge in [0.15, 0.2) is 5.78 Å². The van der Waals surface area contributed by atoms with Crippen molar-refractivity contribution in [3.8, 4) is 11.1 Å². The highest BCUT2D eigenvalue weighted by atomic mass is 16.2. The maximum absolute atomic E-state index is 12.9. The lowest BCUT2D eigenvalue weighted by atomic mass is 10.1. The van der Waals surface area contributed by atoms with Crippen LogP contribution >= 0.6 is 0 Å². The van der Waals surface area contributed by atoms with E-state index in [1.165, 1.54) is 12.8 Å². The molecule has 6 rings (SSSR count). The summed E-state index contributed by atoms with van der Waals surface area (Å²) in [6.45, 7) is 3.80. The fraction of sp³-hybridized carbons (Fsp3) is 0.324. The summed E-state index contributed by atoms with van der Waals surface area (Å²) >= 11 is 0. The van der Waals surface area contributed by atoms with Gasteiger partial charge in [-0.2, -0.15) is 15.0 Å². The molecule has 0 unspecified atom stereocenters. The van der Waals surface area contributed by atoms with Crippen LogP contribution in [-0.2, 0) is 4.79 Å². The van der Waals surface area contributed by atoms with Gasteiger partial charge in [0.25, 0.3) is 0 Å². The molecule has 2 aliphatic heterocycles. The summed E-state index contributed by atoms with van der Waals surface area (Å²) in [6, 6.07) is 24.7. The summed E-state index contributed by atoms with van der Waals surface area (Å²) in [5.74, 6) is 1.33. The van der Waals surface area contributed by atoms with Crippen LogP contribution < -0.4 is 20.4 Å². The maximum atomic E-state index is 12.9. The molecule has 9 heteroatoms. The number of benzene rings is 3. The second-order valence-electron chi connectivity index (χ2n) is 11.1. The van der Waals surface area contributed by atoms with Gasteiger partial charge in [0.2, 0.25) is 23.8 Å². The number of amides is 1. The van der Waals surface area contributed by atoms with Crippen LogP contribution in [0.3, 0.4) is 0 Å². The van der Waals surface area contributed by atoms with E-state index in [9.17, 15) is 9.59 Å². The second-order valence-corrected chi connectivity index (χ2v) is 11.1. The molecule has 0 atom stereocenters.